The van der Waals surface area contributed by atoms with Crippen molar-refractivity contribution in [2.45, 2.75) is 24.9 Å². The standard InChI is InChI=1S/C16H18ClNO2S/c1-12-6-8-13(9-7-12)10-18-11-14-15(17)4-3-5-16(14)21(2,19)20/h3-9,18H,10-11H2,1-2H3. The van der Waals surface area contributed by atoms with E-state index in [2.05, 4.69) is 17.4 Å². The predicted octanol–water partition coefficient (Wildman–Crippen LogP) is 3.34. The highest BCUT2D eigenvalue weighted by Gasteiger charge is 2.15. The van der Waals surface area contributed by atoms with Crippen LogP contribution in [0.15, 0.2) is 47.4 Å². The molecule has 2 rings (SSSR count). The van der Waals surface area contributed by atoms with E-state index in [0.717, 1.165) is 5.56 Å². The summed E-state index contributed by atoms with van der Waals surface area (Å²) in [6.07, 6.45) is 1.20. The molecule has 0 aliphatic rings. The van der Waals surface area contributed by atoms with Crippen LogP contribution in [-0.4, -0.2) is 14.7 Å². The molecule has 5 heteroatoms. The molecule has 0 radical (unpaired) electrons. The molecule has 0 saturated carbocycles. The van der Waals surface area contributed by atoms with Gasteiger partial charge in [-0.05, 0) is 24.6 Å². The Kier molecular flexibility index (Phi) is 5.04. The lowest BCUT2D eigenvalue weighted by Crippen LogP contribution is -2.15. The van der Waals surface area contributed by atoms with Crippen molar-refractivity contribution >= 4 is 21.4 Å². The molecule has 0 fully saturated rings. The summed E-state index contributed by atoms with van der Waals surface area (Å²) in [7, 11) is -3.28. The number of aryl methyl sites for hydroxylation is 1. The average molecular weight is 324 g/mol. The minimum Gasteiger partial charge on any atom is -0.309 e. The Morgan fingerprint density at radius 3 is 2.33 bits per heavy atom. The van der Waals surface area contributed by atoms with E-state index in [1.165, 1.54) is 11.8 Å². The molecule has 0 aliphatic carbocycles. The molecule has 3 nitrogen and oxygen atoms in total. The van der Waals surface area contributed by atoms with Gasteiger partial charge in [-0.3, -0.25) is 0 Å². The maximum Gasteiger partial charge on any atom is 0.175 e. The first-order chi connectivity index (χ1) is 9.88. The largest absolute Gasteiger partial charge is 0.309 e. The minimum atomic E-state index is -3.28. The minimum absolute atomic E-state index is 0.284. The van der Waals surface area contributed by atoms with E-state index in [-0.39, 0.29) is 4.90 Å². The van der Waals surface area contributed by atoms with Crippen LogP contribution in [-0.2, 0) is 22.9 Å². The zero-order valence-corrected chi connectivity index (χ0v) is 13.6. The van der Waals surface area contributed by atoms with E-state index in [0.29, 0.717) is 23.7 Å². The molecule has 0 aliphatic heterocycles. The molecule has 0 unspecified atom stereocenters. The smallest absolute Gasteiger partial charge is 0.175 e. The van der Waals surface area contributed by atoms with Crippen molar-refractivity contribution in [1.29, 1.82) is 0 Å². The fourth-order valence-corrected chi connectivity index (χ4v) is 3.35. The van der Waals surface area contributed by atoms with Gasteiger partial charge in [-0.15, -0.1) is 0 Å². The van der Waals surface area contributed by atoms with E-state index < -0.39 is 9.84 Å². The van der Waals surface area contributed by atoms with Crippen LogP contribution in [0.4, 0.5) is 0 Å². The summed E-state index contributed by atoms with van der Waals surface area (Å²) in [4.78, 5) is 0.284. The summed E-state index contributed by atoms with van der Waals surface area (Å²) in [5.74, 6) is 0. The summed E-state index contributed by atoms with van der Waals surface area (Å²) in [6.45, 7) is 3.12. The molecule has 0 aromatic heterocycles. The molecule has 0 spiro atoms. The first-order valence-corrected chi connectivity index (χ1v) is 8.88. The van der Waals surface area contributed by atoms with Crippen LogP contribution in [0.25, 0.3) is 0 Å². The first-order valence-electron chi connectivity index (χ1n) is 6.61. The third kappa shape index (κ3) is 4.30. The maximum atomic E-state index is 11.8. The second-order valence-corrected chi connectivity index (χ2v) is 7.47. The number of hydrogen-bond acceptors (Lipinski definition) is 3. The van der Waals surface area contributed by atoms with Gasteiger partial charge in [-0.25, -0.2) is 8.42 Å². The third-order valence-corrected chi connectivity index (χ3v) is 4.76. The topological polar surface area (TPSA) is 46.2 Å². The molecule has 0 bridgehead atoms. The number of hydrogen-bond donors (Lipinski definition) is 1. The lowest BCUT2D eigenvalue weighted by atomic mass is 10.1. The molecule has 1 N–H and O–H groups in total. The summed E-state index contributed by atoms with van der Waals surface area (Å²) in [5.41, 5.74) is 2.98. The number of nitrogens with one attached hydrogen (secondary N) is 1. The average Bonchev–Trinajstić information content (AvgIpc) is 2.41. The lowest BCUT2D eigenvalue weighted by Gasteiger charge is -2.11. The van der Waals surface area contributed by atoms with Crippen LogP contribution < -0.4 is 5.32 Å². The number of benzene rings is 2. The van der Waals surface area contributed by atoms with Gasteiger partial charge in [-0.2, -0.15) is 0 Å². The van der Waals surface area contributed by atoms with Crippen LogP contribution in [0.3, 0.4) is 0 Å². The number of halogens is 1. The van der Waals surface area contributed by atoms with Gasteiger partial charge in [0.25, 0.3) is 0 Å². The zero-order chi connectivity index (χ0) is 15.5. The SMILES string of the molecule is Cc1ccc(CNCc2c(Cl)cccc2S(C)(=O)=O)cc1. The van der Waals surface area contributed by atoms with Crippen molar-refractivity contribution in [3.8, 4) is 0 Å². The van der Waals surface area contributed by atoms with E-state index in [9.17, 15) is 8.42 Å². The van der Waals surface area contributed by atoms with E-state index in [1.54, 1.807) is 18.2 Å². The van der Waals surface area contributed by atoms with E-state index >= 15 is 0 Å². The highest BCUT2D eigenvalue weighted by atomic mass is 35.5. The summed E-state index contributed by atoms with van der Waals surface area (Å²) >= 11 is 6.13. The number of rotatable bonds is 5. The Bertz CT molecular complexity index is 724. The molecule has 2 aromatic rings. The Labute approximate surface area is 130 Å². The fourth-order valence-electron chi connectivity index (χ4n) is 2.10. The quantitative estimate of drug-likeness (QED) is 0.918. The zero-order valence-electron chi connectivity index (χ0n) is 12.1. The summed E-state index contributed by atoms with van der Waals surface area (Å²) < 4.78 is 23.6. The van der Waals surface area contributed by atoms with Gasteiger partial charge in [-0.1, -0.05) is 47.5 Å². The fraction of sp³-hybridized carbons (Fsp3) is 0.250. The molecule has 0 heterocycles. The second kappa shape index (κ2) is 6.60. The molecule has 0 amide bonds. The van der Waals surface area contributed by atoms with Crippen molar-refractivity contribution in [1.82, 2.24) is 5.32 Å². The third-order valence-electron chi connectivity index (χ3n) is 3.23. The van der Waals surface area contributed by atoms with Crippen LogP contribution in [0.5, 0.6) is 0 Å². The molecular weight excluding hydrogens is 306 g/mol. The summed E-state index contributed by atoms with van der Waals surface area (Å²) in [5, 5.41) is 3.71. The number of sulfone groups is 1. The van der Waals surface area contributed by atoms with Crippen LogP contribution in [0.2, 0.25) is 5.02 Å². The molecule has 0 atom stereocenters. The van der Waals surface area contributed by atoms with Crippen molar-refractivity contribution < 1.29 is 8.42 Å². The van der Waals surface area contributed by atoms with E-state index in [4.69, 9.17) is 11.6 Å². The van der Waals surface area contributed by atoms with Crippen molar-refractivity contribution in [2.75, 3.05) is 6.26 Å². The van der Waals surface area contributed by atoms with Gasteiger partial charge in [0.15, 0.2) is 9.84 Å². The van der Waals surface area contributed by atoms with Gasteiger partial charge in [0.1, 0.15) is 0 Å². The monoisotopic (exact) mass is 323 g/mol. The molecule has 0 saturated heterocycles. The lowest BCUT2D eigenvalue weighted by molar-refractivity contribution is 0.598. The Morgan fingerprint density at radius 1 is 1.05 bits per heavy atom. The molecule has 112 valence electrons. The van der Waals surface area contributed by atoms with Gasteiger partial charge in [0.05, 0.1) is 4.90 Å². The van der Waals surface area contributed by atoms with Crippen LogP contribution >= 0.6 is 11.6 Å². The van der Waals surface area contributed by atoms with Gasteiger partial charge in [0, 0.05) is 29.9 Å². The normalized spacial score (nSPS) is 11.6. The van der Waals surface area contributed by atoms with Gasteiger partial charge >= 0.3 is 0 Å². The summed E-state index contributed by atoms with van der Waals surface area (Å²) in [6, 6.07) is 13.1. The Hall–Kier alpha value is -1.36. The van der Waals surface area contributed by atoms with Crippen LogP contribution in [0.1, 0.15) is 16.7 Å². The van der Waals surface area contributed by atoms with Crippen molar-refractivity contribution in [3.63, 3.8) is 0 Å². The van der Waals surface area contributed by atoms with E-state index in [1.807, 2.05) is 19.1 Å². The first kappa shape index (κ1) is 16.0. The molecule has 2 aromatic carbocycles. The van der Waals surface area contributed by atoms with Crippen LogP contribution in [0, 0.1) is 6.92 Å². The predicted molar refractivity (Wildman–Crippen MR) is 86.3 cm³/mol. The van der Waals surface area contributed by atoms with Crippen molar-refractivity contribution in [3.05, 3.63) is 64.2 Å². The second-order valence-electron chi connectivity index (χ2n) is 5.08. The Morgan fingerprint density at radius 2 is 1.71 bits per heavy atom. The van der Waals surface area contributed by atoms with Gasteiger partial charge < -0.3 is 5.32 Å². The highest BCUT2D eigenvalue weighted by Crippen LogP contribution is 2.23. The molecule has 21 heavy (non-hydrogen) atoms. The maximum absolute atomic E-state index is 11.8. The van der Waals surface area contributed by atoms with Gasteiger partial charge in [0.2, 0.25) is 0 Å². The van der Waals surface area contributed by atoms with Crippen molar-refractivity contribution in [2.24, 2.45) is 0 Å². The highest BCUT2D eigenvalue weighted by molar-refractivity contribution is 7.90. The molecular formula is C16H18ClNO2S. The Balaban J connectivity index is 2.11.